The van der Waals surface area contributed by atoms with Gasteiger partial charge in [0.2, 0.25) is 0 Å². The van der Waals surface area contributed by atoms with E-state index in [9.17, 15) is 4.79 Å². The molecule has 0 saturated carbocycles. The van der Waals surface area contributed by atoms with Crippen LogP contribution in [0.4, 0.5) is 0 Å². The number of rotatable bonds is 6. The van der Waals surface area contributed by atoms with Gasteiger partial charge in [-0.1, -0.05) is 19.9 Å². The topological polar surface area (TPSA) is 52.9 Å². The zero-order valence-electron chi connectivity index (χ0n) is 11.4. The van der Waals surface area contributed by atoms with Gasteiger partial charge in [-0.25, -0.2) is 0 Å². The lowest BCUT2D eigenvalue weighted by molar-refractivity contribution is 0.0932. The molecule has 0 fully saturated rings. The Bertz CT molecular complexity index is 467. The van der Waals surface area contributed by atoms with Crippen LogP contribution in [0.1, 0.15) is 42.6 Å². The predicted molar refractivity (Wildman–Crippen MR) is 77.2 cm³/mol. The van der Waals surface area contributed by atoms with Gasteiger partial charge in [0.1, 0.15) is 0 Å². The molecule has 0 saturated heterocycles. The monoisotopic (exact) mass is 278 g/mol. The van der Waals surface area contributed by atoms with E-state index in [1.54, 1.807) is 24.3 Å². The van der Waals surface area contributed by atoms with Gasteiger partial charge < -0.3 is 5.32 Å². The van der Waals surface area contributed by atoms with E-state index in [0.717, 1.165) is 12.8 Å². The van der Waals surface area contributed by atoms with Crippen molar-refractivity contribution in [2.45, 2.75) is 26.7 Å². The Labute approximate surface area is 119 Å². The molecule has 0 aromatic heterocycles. The van der Waals surface area contributed by atoms with E-state index in [0.29, 0.717) is 23.6 Å². The molecule has 0 radical (unpaired) electrons. The first-order valence-electron chi connectivity index (χ1n) is 6.45. The minimum absolute atomic E-state index is 0.0515. The van der Waals surface area contributed by atoms with E-state index in [4.69, 9.17) is 16.9 Å². The highest BCUT2D eigenvalue weighted by Crippen LogP contribution is 2.27. The SMILES string of the molecule is CCC(CC)(CCl)CNC(=O)c1cccc(C#N)c1. The van der Waals surface area contributed by atoms with Crippen LogP contribution in [-0.2, 0) is 0 Å². The van der Waals surface area contributed by atoms with Crippen molar-refractivity contribution in [3.63, 3.8) is 0 Å². The number of carbonyl (C=O) groups is 1. The molecule has 4 heteroatoms. The summed E-state index contributed by atoms with van der Waals surface area (Å²) in [6.07, 6.45) is 1.84. The van der Waals surface area contributed by atoms with Crippen molar-refractivity contribution >= 4 is 17.5 Å². The van der Waals surface area contributed by atoms with Crippen molar-refractivity contribution < 1.29 is 4.79 Å². The first kappa shape index (κ1) is 15.5. The van der Waals surface area contributed by atoms with Crippen LogP contribution in [0.3, 0.4) is 0 Å². The number of benzene rings is 1. The summed E-state index contributed by atoms with van der Waals surface area (Å²) >= 11 is 6.01. The predicted octanol–water partition coefficient (Wildman–Crippen LogP) is 3.33. The number of hydrogen-bond acceptors (Lipinski definition) is 2. The van der Waals surface area contributed by atoms with Crippen LogP contribution < -0.4 is 5.32 Å². The van der Waals surface area contributed by atoms with Crippen LogP contribution in [0.25, 0.3) is 0 Å². The van der Waals surface area contributed by atoms with Crippen molar-refractivity contribution in [2.75, 3.05) is 12.4 Å². The fraction of sp³-hybridized carbons (Fsp3) is 0.467. The fourth-order valence-electron chi connectivity index (χ4n) is 1.84. The van der Waals surface area contributed by atoms with Crippen molar-refractivity contribution in [3.05, 3.63) is 35.4 Å². The van der Waals surface area contributed by atoms with Crippen LogP contribution in [0, 0.1) is 16.7 Å². The minimum Gasteiger partial charge on any atom is -0.351 e. The van der Waals surface area contributed by atoms with E-state index < -0.39 is 0 Å². The van der Waals surface area contributed by atoms with Gasteiger partial charge in [-0.05, 0) is 31.0 Å². The molecule has 0 aliphatic rings. The number of nitrogens with zero attached hydrogens (tertiary/aromatic N) is 1. The van der Waals surface area contributed by atoms with E-state index >= 15 is 0 Å². The first-order chi connectivity index (χ1) is 9.10. The third-order valence-corrected chi connectivity index (χ3v) is 4.23. The van der Waals surface area contributed by atoms with Gasteiger partial charge in [0, 0.05) is 23.4 Å². The summed E-state index contributed by atoms with van der Waals surface area (Å²) in [5, 5.41) is 11.7. The average molecular weight is 279 g/mol. The smallest absolute Gasteiger partial charge is 0.251 e. The molecule has 3 nitrogen and oxygen atoms in total. The van der Waals surface area contributed by atoms with E-state index in [-0.39, 0.29) is 11.3 Å². The quantitative estimate of drug-likeness (QED) is 0.812. The summed E-state index contributed by atoms with van der Waals surface area (Å²) in [7, 11) is 0. The highest BCUT2D eigenvalue weighted by molar-refractivity contribution is 6.18. The van der Waals surface area contributed by atoms with E-state index in [1.807, 2.05) is 6.07 Å². The molecular formula is C15H19ClN2O. The Hall–Kier alpha value is -1.53. The third-order valence-electron chi connectivity index (χ3n) is 3.66. The summed E-state index contributed by atoms with van der Waals surface area (Å²) in [5.41, 5.74) is 0.946. The Morgan fingerprint density at radius 1 is 1.42 bits per heavy atom. The van der Waals surface area contributed by atoms with Crippen molar-refractivity contribution in [3.8, 4) is 6.07 Å². The molecule has 1 amide bonds. The molecule has 1 N–H and O–H groups in total. The molecule has 0 aliphatic carbocycles. The highest BCUT2D eigenvalue weighted by Gasteiger charge is 2.25. The maximum Gasteiger partial charge on any atom is 0.251 e. The number of carbonyl (C=O) groups excluding carboxylic acids is 1. The van der Waals surface area contributed by atoms with Crippen LogP contribution in [0.15, 0.2) is 24.3 Å². The average Bonchev–Trinajstić information content (AvgIpc) is 2.49. The van der Waals surface area contributed by atoms with Crippen LogP contribution in [-0.4, -0.2) is 18.3 Å². The summed E-state index contributed by atoms with van der Waals surface area (Å²) in [5.74, 6) is 0.368. The molecule has 102 valence electrons. The van der Waals surface area contributed by atoms with Gasteiger partial charge in [0.05, 0.1) is 11.6 Å². The normalized spacial score (nSPS) is 10.8. The number of nitrogens with one attached hydrogen (secondary N) is 1. The molecular weight excluding hydrogens is 260 g/mol. The Balaban J connectivity index is 2.72. The second-order valence-electron chi connectivity index (χ2n) is 4.72. The van der Waals surface area contributed by atoms with Gasteiger partial charge in [-0.2, -0.15) is 5.26 Å². The molecule has 1 aromatic rings. The lowest BCUT2D eigenvalue weighted by Crippen LogP contribution is -2.38. The van der Waals surface area contributed by atoms with E-state index in [2.05, 4.69) is 19.2 Å². The number of alkyl halides is 1. The maximum absolute atomic E-state index is 12.0. The van der Waals surface area contributed by atoms with Crippen LogP contribution in [0.2, 0.25) is 0 Å². The molecule has 0 unspecified atom stereocenters. The highest BCUT2D eigenvalue weighted by atomic mass is 35.5. The van der Waals surface area contributed by atoms with E-state index in [1.165, 1.54) is 0 Å². The van der Waals surface area contributed by atoms with Crippen molar-refractivity contribution in [1.29, 1.82) is 5.26 Å². The maximum atomic E-state index is 12.0. The second kappa shape index (κ2) is 7.16. The Morgan fingerprint density at radius 2 is 2.11 bits per heavy atom. The summed E-state index contributed by atoms with van der Waals surface area (Å²) in [6.45, 7) is 4.71. The molecule has 1 aromatic carbocycles. The molecule has 0 aliphatic heterocycles. The largest absolute Gasteiger partial charge is 0.351 e. The molecule has 0 bridgehead atoms. The number of amides is 1. The molecule has 0 heterocycles. The molecule has 1 rings (SSSR count). The lowest BCUT2D eigenvalue weighted by atomic mass is 9.84. The summed E-state index contributed by atoms with van der Waals surface area (Å²) in [4.78, 5) is 12.0. The van der Waals surface area contributed by atoms with Crippen LogP contribution in [0.5, 0.6) is 0 Å². The number of nitriles is 1. The second-order valence-corrected chi connectivity index (χ2v) is 4.98. The third kappa shape index (κ3) is 3.97. The lowest BCUT2D eigenvalue weighted by Gasteiger charge is -2.29. The Kier molecular flexibility index (Phi) is 5.85. The zero-order valence-corrected chi connectivity index (χ0v) is 12.1. The first-order valence-corrected chi connectivity index (χ1v) is 6.98. The van der Waals surface area contributed by atoms with Gasteiger partial charge in [-0.3, -0.25) is 4.79 Å². The van der Waals surface area contributed by atoms with Gasteiger partial charge in [-0.15, -0.1) is 11.6 Å². The zero-order chi connectivity index (χ0) is 14.3. The summed E-state index contributed by atoms with van der Waals surface area (Å²) in [6, 6.07) is 8.71. The summed E-state index contributed by atoms with van der Waals surface area (Å²) < 4.78 is 0. The molecule has 19 heavy (non-hydrogen) atoms. The molecule has 0 spiro atoms. The van der Waals surface area contributed by atoms with Gasteiger partial charge in [0.25, 0.3) is 5.91 Å². The van der Waals surface area contributed by atoms with Gasteiger partial charge >= 0.3 is 0 Å². The molecule has 0 atom stereocenters. The minimum atomic E-state index is -0.159. The number of hydrogen-bond donors (Lipinski definition) is 1. The Morgan fingerprint density at radius 3 is 2.63 bits per heavy atom. The van der Waals surface area contributed by atoms with Gasteiger partial charge in [0.15, 0.2) is 0 Å². The van der Waals surface area contributed by atoms with Crippen molar-refractivity contribution in [1.82, 2.24) is 5.32 Å². The fourth-order valence-corrected chi connectivity index (χ4v) is 2.31. The van der Waals surface area contributed by atoms with Crippen molar-refractivity contribution in [2.24, 2.45) is 5.41 Å². The number of halogens is 1. The van der Waals surface area contributed by atoms with Crippen LogP contribution >= 0.6 is 11.6 Å². The standard InChI is InChI=1S/C15H19ClN2O/c1-3-15(4-2,10-16)11-18-14(19)13-7-5-6-12(8-13)9-17/h5-8H,3-4,10-11H2,1-2H3,(H,18,19).